The molecular formula is C28H26N4O4S. The molecule has 1 aromatic heterocycles. The van der Waals surface area contributed by atoms with Gasteiger partial charge in [-0.25, -0.2) is 13.8 Å². The molecular weight excluding hydrogens is 488 g/mol. The molecule has 1 heterocycles. The van der Waals surface area contributed by atoms with Crippen molar-refractivity contribution in [1.29, 1.82) is 0 Å². The molecule has 8 nitrogen and oxygen atoms in total. The number of carbonyl (C=O) groups is 1. The van der Waals surface area contributed by atoms with Gasteiger partial charge in [-0.3, -0.25) is 9.78 Å². The van der Waals surface area contributed by atoms with Gasteiger partial charge in [-0.05, 0) is 59.2 Å². The molecule has 0 aliphatic heterocycles. The van der Waals surface area contributed by atoms with Crippen LogP contribution in [0.25, 0.3) is 0 Å². The van der Waals surface area contributed by atoms with Crippen LogP contribution in [-0.4, -0.2) is 36.9 Å². The minimum Gasteiger partial charge on any atom is -0.497 e. The molecule has 0 saturated carbocycles. The van der Waals surface area contributed by atoms with E-state index in [0.29, 0.717) is 11.3 Å². The van der Waals surface area contributed by atoms with E-state index in [0.717, 1.165) is 16.7 Å². The predicted octanol–water partition coefficient (Wildman–Crippen LogP) is 4.25. The number of sulfonamides is 1. The lowest BCUT2D eigenvalue weighted by molar-refractivity contribution is 0.0955. The Morgan fingerprint density at radius 3 is 2.27 bits per heavy atom. The number of hydrogen-bond acceptors (Lipinski definition) is 6. The lowest BCUT2D eigenvalue weighted by Crippen LogP contribution is -2.30. The molecule has 9 heteroatoms. The number of hydrogen-bond donors (Lipinski definition) is 1. The number of carbonyl (C=O) groups excluding carboxylic acids is 1. The number of nitrogens with zero attached hydrogens (tertiary/aromatic N) is 3. The Kier molecular flexibility index (Phi) is 8.40. The Hall–Kier alpha value is -4.34. The number of benzene rings is 3. The molecule has 3 aromatic carbocycles. The summed E-state index contributed by atoms with van der Waals surface area (Å²) in [7, 11) is -2.31. The molecule has 4 aromatic rings. The number of nitrogens with one attached hydrogen (secondary N) is 1. The molecule has 0 unspecified atom stereocenters. The van der Waals surface area contributed by atoms with Crippen molar-refractivity contribution < 1.29 is 17.9 Å². The van der Waals surface area contributed by atoms with Gasteiger partial charge in [0.25, 0.3) is 5.91 Å². The summed E-state index contributed by atoms with van der Waals surface area (Å²) in [5.74, 6) is 0.205. The van der Waals surface area contributed by atoms with Crippen LogP contribution in [0, 0.1) is 0 Å². The van der Waals surface area contributed by atoms with Crippen molar-refractivity contribution in [2.45, 2.75) is 18.0 Å². The van der Waals surface area contributed by atoms with Gasteiger partial charge in [-0.1, -0.05) is 48.5 Å². The van der Waals surface area contributed by atoms with Crippen LogP contribution in [0.5, 0.6) is 5.75 Å². The summed E-state index contributed by atoms with van der Waals surface area (Å²) in [4.78, 5) is 16.7. The molecule has 0 aliphatic rings. The van der Waals surface area contributed by atoms with E-state index in [2.05, 4.69) is 15.5 Å². The molecule has 0 radical (unpaired) electrons. The summed E-state index contributed by atoms with van der Waals surface area (Å²) in [5, 5.41) is 3.99. The predicted molar refractivity (Wildman–Crippen MR) is 142 cm³/mol. The highest BCUT2D eigenvalue weighted by Crippen LogP contribution is 2.23. The SMILES string of the molecule is COc1ccc(S(=O)(=O)N(Cc2ccc(C(=O)NN=Cc3ccccc3)cc2)Cc2cccnc2)cc1. The first kappa shape index (κ1) is 25.7. The zero-order valence-corrected chi connectivity index (χ0v) is 21.0. The first-order valence-corrected chi connectivity index (χ1v) is 12.9. The van der Waals surface area contributed by atoms with Crippen LogP contribution in [0.2, 0.25) is 0 Å². The van der Waals surface area contributed by atoms with Crippen molar-refractivity contribution in [3.63, 3.8) is 0 Å². The number of ether oxygens (including phenoxy) is 1. The van der Waals surface area contributed by atoms with E-state index in [1.54, 1.807) is 61.1 Å². The Morgan fingerprint density at radius 2 is 1.62 bits per heavy atom. The number of hydrazone groups is 1. The number of rotatable bonds is 10. The van der Waals surface area contributed by atoms with Gasteiger partial charge < -0.3 is 4.74 Å². The highest BCUT2D eigenvalue weighted by Gasteiger charge is 2.25. The van der Waals surface area contributed by atoms with Crippen molar-refractivity contribution >= 4 is 22.1 Å². The summed E-state index contributed by atoms with van der Waals surface area (Å²) in [6, 6.07) is 26.0. The first-order valence-electron chi connectivity index (χ1n) is 11.5. The molecule has 188 valence electrons. The number of methoxy groups -OCH3 is 1. The standard InChI is InChI=1S/C28H26N4O4S/c1-36-26-13-15-27(16-14-26)37(34,35)32(21-24-8-5-17-29-18-24)20-23-9-11-25(12-10-23)28(33)31-30-19-22-6-3-2-4-7-22/h2-19H,20-21H2,1H3,(H,31,33). The minimum atomic E-state index is -3.84. The van der Waals surface area contributed by atoms with E-state index in [-0.39, 0.29) is 23.9 Å². The lowest BCUT2D eigenvalue weighted by Gasteiger charge is -2.22. The van der Waals surface area contributed by atoms with Crippen molar-refractivity contribution in [3.8, 4) is 5.75 Å². The summed E-state index contributed by atoms with van der Waals surface area (Å²) in [5.41, 5.74) is 5.26. The van der Waals surface area contributed by atoms with E-state index in [1.165, 1.54) is 23.5 Å². The Bertz CT molecular complexity index is 1440. The van der Waals surface area contributed by atoms with Crippen LogP contribution >= 0.6 is 0 Å². The summed E-state index contributed by atoms with van der Waals surface area (Å²) in [6.45, 7) is 0.246. The normalized spacial score (nSPS) is 11.5. The maximum absolute atomic E-state index is 13.5. The largest absolute Gasteiger partial charge is 0.497 e. The quantitative estimate of drug-likeness (QED) is 0.252. The second kappa shape index (κ2) is 12.1. The highest BCUT2D eigenvalue weighted by atomic mass is 32.2. The van der Waals surface area contributed by atoms with Crippen LogP contribution in [0.4, 0.5) is 0 Å². The topological polar surface area (TPSA) is 101 Å². The smallest absolute Gasteiger partial charge is 0.271 e. The maximum Gasteiger partial charge on any atom is 0.271 e. The Morgan fingerprint density at radius 1 is 0.919 bits per heavy atom. The van der Waals surface area contributed by atoms with Gasteiger partial charge in [-0.2, -0.15) is 9.41 Å². The zero-order valence-electron chi connectivity index (χ0n) is 20.2. The van der Waals surface area contributed by atoms with Gasteiger partial charge >= 0.3 is 0 Å². The van der Waals surface area contributed by atoms with Crippen LogP contribution in [0.1, 0.15) is 27.0 Å². The van der Waals surface area contributed by atoms with Crippen molar-refractivity contribution in [3.05, 3.63) is 126 Å². The summed E-state index contributed by atoms with van der Waals surface area (Å²) < 4.78 is 33.6. The number of pyridine rings is 1. The number of amides is 1. The molecule has 0 atom stereocenters. The highest BCUT2D eigenvalue weighted by molar-refractivity contribution is 7.89. The fraction of sp³-hybridized carbons (Fsp3) is 0.107. The van der Waals surface area contributed by atoms with Crippen LogP contribution in [-0.2, 0) is 23.1 Å². The van der Waals surface area contributed by atoms with Crippen molar-refractivity contribution in [1.82, 2.24) is 14.7 Å². The monoisotopic (exact) mass is 514 g/mol. The van der Waals surface area contributed by atoms with Gasteiger partial charge in [-0.15, -0.1) is 0 Å². The van der Waals surface area contributed by atoms with Crippen LogP contribution < -0.4 is 10.2 Å². The van der Waals surface area contributed by atoms with Crippen LogP contribution in [0.15, 0.2) is 113 Å². The van der Waals surface area contributed by atoms with E-state index < -0.39 is 10.0 Å². The fourth-order valence-electron chi connectivity index (χ4n) is 3.55. The average molecular weight is 515 g/mol. The molecule has 1 N–H and O–H groups in total. The molecule has 37 heavy (non-hydrogen) atoms. The molecule has 0 spiro atoms. The van der Waals surface area contributed by atoms with E-state index in [4.69, 9.17) is 4.74 Å². The zero-order chi connectivity index (χ0) is 26.1. The molecule has 0 bridgehead atoms. The van der Waals surface area contributed by atoms with E-state index in [1.807, 2.05) is 36.4 Å². The minimum absolute atomic E-state index is 0.108. The molecule has 0 aliphatic carbocycles. The second-order valence-electron chi connectivity index (χ2n) is 8.12. The molecule has 4 rings (SSSR count). The Balaban J connectivity index is 1.50. The summed E-state index contributed by atoms with van der Waals surface area (Å²) >= 11 is 0. The number of aromatic nitrogens is 1. The third-order valence-corrected chi connectivity index (χ3v) is 7.34. The fourth-order valence-corrected chi connectivity index (χ4v) is 4.97. The molecule has 0 fully saturated rings. The lowest BCUT2D eigenvalue weighted by atomic mass is 10.1. The van der Waals surface area contributed by atoms with Crippen molar-refractivity contribution in [2.75, 3.05) is 7.11 Å². The van der Waals surface area contributed by atoms with Gasteiger partial charge in [0.05, 0.1) is 18.2 Å². The third-order valence-electron chi connectivity index (χ3n) is 5.53. The second-order valence-corrected chi connectivity index (χ2v) is 10.1. The van der Waals surface area contributed by atoms with Crippen molar-refractivity contribution in [2.24, 2.45) is 5.10 Å². The van der Waals surface area contributed by atoms with Crippen LogP contribution in [0.3, 0.4) is 0 Å². The van der Waals surface area contributed by atoms with Gasteiger partial charge in [0.2, 0.25) is 10.0 Å². The maximum atomic E-state index is 13.5. The molecule has 1 amide bonds. The van der Waals surface area contributed by atoms with Gasteiger partial charge in [0.1, 0.15) is 5.75 Å². The Labute approximate surface area is 216 Å². The van der Waals surface area contributed by atoms with E-state index in [9.17, 15) is 13.2 Å². The third kappa shape index (κ3) is 6.87. The van der Waals surface area contributed by atoms with E-state index >= 15 is 0 Å². The summed E-state index contributed by atoms with van der Waals surface area (Å²) in [6.07, 6.45) is 4.84. The van der Waals surface area contributed by atoms with Gasteiger partial charge in [0.15, 0.2) is 0 Å². The first-order chi connectivity index (χ1) is 18.0. The molecule has 0 saturated heterocycles. The van der Waals surface area contributed by atoms with Gasteiger partial charge in [0, 0.05) is 31.0 Å². The average Bonchev–Trinajstić information content (AvgIpc) is 2.94.